The Labute approximate surface area is 183 Å². The lowest BCUT2D eigenvalue weighted by molar-refractivity contribution is -0.143. The first kappa shape index (κ1) is 22.5. The average Bonchev–Trinajstić information content (AvgIpc) is 2.80. The minimum atomic E-state index is -0.842. The van der Waals surface area contributed by atoms with Crippen molar-refractivity contribution in [2.24, 2.45) is 7.05 Å². The summed E-state index contributed by atoms with van der Waals surface area (Å²) in [5.74, 6) is -1.12. The standard InChI is InChI=1S/C23H23N3O6/c1-25-22(29)20(21(24)26(23(25)30)14-16-8-4-2-5-9-16)18(27)15-32-19(28)12-13-31-17-10-6-3-7-11-17/h2-11H,12-15,24H2,1H3. The molecule has 0 aliphatic rings. The summed E-state index contributed by atoms with van der Waals surface area (Å²) in [7, 11) is 1.26. The molecule has 0 spiro atoms. The van der Waals surface area contributed by atoms with Crippen LogP contribution >= 0.6 is 0 Å². The molecule has 166 valence electrons. The number of nitrogens with two attached hydrogens (primary N) is 1. The number of hydrogen-bond acceptors (Lipinski definition) is 7. The second kappa shape index (κ2) is 10.3. The number of aromatic nitrogens is 2. The van der Waals surface area contributed by atoms with E-state index in [1.165, 1.54) is 7.05 Å². The van der Waals surface area contributed by atoms with Gasteiger partial charge in [-0.15, -0.1) is 0 Å². The second-order valence-corrected chi connectivity index (χ2v) is 6.97. The van der Waals surface area contributed by atoms with Gasteiger partial charge in [0.15, 0.2) is 6.61 Å². The molecule has 0 unspecified atom stereocenters. The highest BCUT2D eigenvalue weighted by molar-refractivity contribution is 6.01. The van der Waals surface area contributed by atoms with Crippen LogP contribution in [-0.4, -0.2) is 34.1 Å². The van der Waals surface area contributed by atoms with E-state index in [0.717, 1.165) is 14.7 Å². The van der Waals surface area contributed by atoms with Crippen molar-refractivity contribution in [1.82, 2.24) is 9.13 Å². The van der Waals surface area contributed by atoms with Crippen molar-refractivity contribution in [3.8, 4) is 5.75 Å². The molecule has 0 bridgehead atoms. The van der Waals surface area contributed by atoms with Gasteiger partial charge in [-0.2, -0.15) is 0 Å². The molecule has 0 aliphatic carbocycles. The van der Waals surface area contributed by atoms with Crippen LogP contribution in [0.15, 0.2) is 70.3 Å². The van der Waals surface area contributed by atoms with E-state index in [0.29, 0.717) is 5.75 Å². The van der Waals surface area contributed by atoms with Crippen molar-refractivity contribution in [3.05, 3.63) is 92.6 Å². The quantitative estimate of drug-likeness (QED) is 0.396. The Kier molecular flexibility index (Phi) is 7.22. The van der Waals surface area contributed by atoms with Crippen LogP contribution in [0.1, 0.15) is 22.3 Å². The topological polar surface area (TPSA) is 123 Å². The van der Waals surface area contributed by atoms with E-state index in [2.05, 4.69) is 0 Å². The molecule has 0 atom stereocenters. The zero-order valence-corrected chi connectivity index (χ0v) is 17.5. The van der Waals surface area contributed by atoms with E-state index in [1.807, 2.05) is 12.1 Å². The third-order valence-corrected chi connectivity index (χ3v) is 4.73. The molecule has 0 fully saturated rings. The Morgan fingerprint density at radius 2 is 1.59 bits per heavy atom. The van der Waals surface area contributed by atoms with Gasteiger partial charge in [-0.1, -0.05) is 48.5 Å². The number of anilines is 1. The summed E-state index contributed by atoms with van der Waals surface area (Å²) in [5, 5.41) is 0. The predicted molar refractivity (Wildman–Crippen MR) is 118 cm³/mol. The monoisotopic (exact) mass is 437 g/mol. The lowest BCUT2D eigenvalue weighted by Crippen LogP contribution is -2.43. The zero-order valence-electron chi connectivity index (χ0n) is 17.5. The molecule has 9 nitrogen and oxygen atoms in total. The van der Waals surface area contributed by atoms with Gasteiger partial charge in [0, 0.05) is 7.05 Å². The maximum atomic E-state index is 12.6. The van der Waals surface area contributed by atoms with Gasteiger partial charge in [-0.05, 0) is 17.7 Å². The van der Waals surface area contributed by atoms with Crippen LogP contribution in [-0.2, 0) is 23.1 Å². The third-order valence-electron chi connectivity index (χ3n) is 4.73. The smallest absolute Gasteiger partial charge is 0.332 e. The lowest BCUT2D eigenvalue weighted by atomic mass is 10.2. The summed E-state index contributed by atoms with van der Waals surface area (Å²) in [6.07, 6.45) is -0.0802. The first-order valence-electron chi connectivity index (χ1n) is 9.88. The van der Waals surface area contributed by atoms with E-state index < -0.39 is 35.2 Å². The maximum Gasteiger partial charge on any atom is 0.332 e. The van der Waals surface area contributed by atoms with Crippen molar-refractivity contribution in [3.63, 3.8) is 0 Å². The Balaban J connectivity index is 1.68. The van der Waals surface area contributed by atoms with E-state index in [-0.39, 0.29) is 25.4 Å². The minimum Gasteiger partial charge on any atom is -0.493 e. The summed E-state index contributed by atoms with van der Waals surface area (Å²) in [5.41, 5.74) is 4.90. The second-order valence-electron chi connectivity index (χ2n) is 6.97. The van der Waals surface area contributed by atoms with Gasteiger partial charge in [0.2, 0.25) is 5.78 Å². The number of ketones is 1. The van der Waals surface area contributed by atoms with Crippen molar-refractivity contribution >= 4 is 17.6 Å². The maximum absolute atomic E-state index is 12.6. The minimum absolute atomic E-state index is 0.0723. The SMILES string of the molecule is Cn1c(=O)c(C(=O)COC(=O)CCOc2ccccc2)c(N)n(Cc2ccccc2)c1=O. The lowest BCUT2D eigenvalue weighted by Gasteiger charge is -2.14. The van der Waals surface area contributed by atoms with Gasteiger partial charge in [0.1, 0.15) is 17.1 Å². The number of ether oxygens (including phenoxy) is 2. The van der Waals surface area contributed by atoms with Gasteiger partial charge in [0.25, 0.3) is 5.56 Å². The fraction of sp³-hybridized carbons (Fsp3) is 0.217. The van der Waals surface area contributed by atoms with Crippen LogP contribution in [0, 0.1) is 0 Å². The molecule has 0 saturated carbocycles. The molecule has 2 aromatic carbocycles. The molecule has 32 heavy (non-hydrogen) atoms. The highest BCUT2D eigenvalue weighted by Crippen LogP contribution is 2.11. The van der Waals surface area contributed by atoms with E-state index in [1.54, 1.807) is 48.5 Å². The Bertz CT molecular complexity index is 1220. The Morgan fingerprint density at radius 1 is 0.969 bits per heavy atom. The molecule has 3 aromatic rings. The summed E-state index contributed by atoms with van der Waals surface area (Å²) < 4.78 is 12.3. The van der Waals surface area contributed by atoms with E-state index in [9.17, 15) is 19.2 Å². The number of Topliss-reactive ketones (excluding diaryl/α,β-unsaturated/α-hetero) is 1. The normalized spacial score (nSPS) is 10.5. The fourth-order valence-corrected chi connectivity index (χ4v) is 3.02. The van der Waals surface area contributed by atoms with Crippen molar-refractivity contribution < 1.29 is 19.1 Å². The molecule has 2 N–H and O–H groups in total. The number of nitrogen functional groups attached to an aromatic ring is 1. The molecule has 0 amide bonds. The molecular formula is C23H23N3O6. The van der Waals surface area contributed by atoms with Crippen LogP contribution in [0.25, 0.3) is 0 Å². The van der Waals surface area contributed by atoms with Crippen LogP contribution in [0.3, 0.4) is 0 Å². The predicted octanol–water partition coefficient (Wildman–Crippen LogP) is 1.37. The van der Waals surface area contributed by atoms with Gasteiger partial charge in [0.05, 0.1) is 19.6 Å². The molecular weight excluding hydrogens is 414 g/mol. The number of hydrogen-bond donors (Lipinski definition) is 1. The summed E-state index contributed by atoms with van der Waals surface area (Å²) >= 11 is 0. The van der Waals surface area contributed by atoms with Gasteiger partial charge >= 0.3 is 11.7 Å². The van der Waals surface area contributed by atoms with Crippen LogP contribution in [0.5, 0.6) is 5.75 Å². The molecule has 9 heteroatoms. The Morgan fingerprint density at radius 3 is 2.25 bits per heavy atom. The van der Waals surface area contributed by atoms with Crippen molar-refractivity contribution in [2.45, 2.75) is 13.0 Å². The van der Waals surface area contributed by atoms with Gasteiger partial charge in [-0.25, -0.2) is 4.79 Å². The molecule has 0 saturated heterocycles. The molecule has 0 aliphatic heterocycles. The highest BCUT2D eigenvalue weighted by atomic mass is 16.5. The summed E-state index contributed by atoms with van der Waals surface area (Å²) in [4.78, 5) is 49.6. The average molecular weight is 437 g/mol. The number of rotatable bonds is 9. The number of para-hydroxylation sites is 1. The summed E-state index contributed by atoms with van der Waals surface area (Å²) in [6.45, 7) is -0.521. The highest BCUT2D eigenvalue weighted by Gasteiger charge is 2.22. The van der Waals surface area contributed by atoms with Crippen LogP contribution in [0.4, 0.5) is 5.82 Å². The van der Waals surface area contributed by atoms with E-state index in [4.69, 9.17) is 15.2 Å². The number of nitrogens with zero attached hydrogens (tertiary/aromatic N) is 2. The van der Waals surface area contributed by atoms with Crippen LogP contribution < -0.4 is 21.7 Å². The molecule has 1 aromatic heterocycles. The largest absolute Gasteiger partial charge is 0.493 e. The first-order chi connectivity index (χ1) is 15.4. The number of esters is 1. The molecule has 0 radical (unpaired) electrons. The zero-order chi connectivity index (χ0) is 23.1. The first-order valence-corrected chi connectivity index (χ1v) is 9.88. The van der Waals surface area contributed by atoms with Crippen molar-refractivity contribution in [2.75, 3.05) is 18.9 Å². The summed E-state index contributed by atoms with van der Waals surface area (Å²) in [6, 6.07) is 17.9. The number of carbonyl (C=O) groups is 2. The number of benzene rings is 2. The van der Waals surface area contributed by atoms with Gasteiger partial charge in [-0.3, -0.25) is 23.5 Å². The van der Waals surface area contributed by atoms with E-state index >= 15 is 0 Å². The van der Waals surface area contributed by atoms with Gasteiger partial charge < -0.3 is 15.2 Å². The molecule has 1 heterocycles. The Hall–Kier alpha value is -4.14. The van der Waals surface area contributed by atoms with Crippen LogP contribution in [0.2, 0.25) is 0 Å². The fourth-order valence-electron chi connectivity index (χ4n) is 3.02. The number of carbonyl (C=O) groups excluding carboxylic acids is 2. The van der Waals surface area contributed by atoms with Crippen molar-refractivity contribution in [1.29, 1.82) is 0 Å². The molecule has 3 rings (SSSR count). The third kappa shape index (κ3) is 5.31.